The summed E-state index contributed by atoms with van der Waals surface area (Å²) < 4.78 is 155. The van der Waals surface area contributed by atoms with Crippen LogP contribution in [0.3, 0.4) is 0 Å². The lowest BCUT2D eigenvalue weighted by molar-refractivity contribution is -0.308. The van der Waals surface area contributed by atoms with E-state index in [0.717, 1.165) is 0 Å². The molecule has 232 valence electrons. The number of alkyl halides is 6. The van der Waals surface area contributed by atoms with E-state index in [1.54, 1.807) is 42.2 Å². The fourth-order valence-corrected chi connectivity index (χ4v) is 3.85. The average Bonchev–Trinajstić information content (AvgIpc) is 2.96. The third-order valence-corrected chi connectivity index (χ3v) is 5.85. The SMILES string of the molecule is [2H]C1([2H])N(Cc2ccc(C)cc2N(CCCC(=O)O)Cc2ccc(OC)cc2)C([2H])([2H])C([2H])([2H])N(C(=O)OC(C(F)(F)F)C(F)(F)F)C1([2H])[2H]. The average molecular weight is 614 g/mol. The third kappa shape index (κ3) is 9.43. The Morgan fingerprint density at radius 2 is 1.64 bits per heavy atom. The van der Waals surface area contributed by atoms with Gasteiger partial charge in [0.15, 0.2) is 0 Å². The van der Waals surface area contributed by atoms with Crippen molar-refractivity contribution in [1.29, 1.82) is 0 Å². The van der Waals surface area contributed by atoms with Crippen LogP contribution in [0.5, 0.6) is 5.75 Å². The summed E-state index contributed by atoms with van der Waals surface area (Å²) >= 11 is 0. The number of piperazine rings is 1. The smallest absolute Gasteiger partial charge is 0.434 e. The molecular weight excluding hydrogens is 572 g/mol. The van der Waals surface area contributed by atoms with Crippen molar-refractivity contribution in [3.8, 4) is 5.75 Å². The molecule has 3 rings (SSSR count). The van der Waals surface area contributed by atoms with Gasteiger partial charge in [-0.25, -0.2) is 4.79 Å². The van der Waals surface area contributed by atoms with Crippen molar-refractivity contribution < 1.29 is 61.5 Å². The molecular formula is C28H33F6N3O5. The minimum atomic E-state index is -6.29. The Bertz CT molecular complexity index is 1510. The van der Waals surface area contributed by atoms with Crippen molar-refractivity contribution in [2.24, 2.45) is 0 Å². The van der Waals surface area contributed by atoms with E-state index in [-0.39, 0.29) is 42.1 Å². The molecule has 0 spiro atoms. The van der Waals surface area contributed by atoms with Crippen LogP contribution in [0.15, 0.2) is 42.5 Å². The van der Waals surface area contributed by atoms with Gasteiger partial charge in [-0.05, 0) is 48.2 Å². The normalized spacial score (nSPS) is 22.3. The van der Waals surface area contributed by atoms with Gasteiger partial charge in [-0.1, -0.05) is 24.3 Å². The maximum Gasteiger partial charge on any atom is 0.434 e. The minimum absolute atomic E-state index is 0.0335. The first-order valence-corrected chi connectivity index (χ1v) is 12.3. The highest BCUT2D eigenvalue weighted by Gasteiger charge is 2.60. The summed E-state index contributed by atoms with van der Waals surface area (Å²) in [5.41, 5.74) is 1.62. The number of aryl methyl sites for hydroxylation is 1. The van der Waals surface area contributed by atoms with Crippen LogP contribution in [-0.4, -0.2) is 85.1 Å². The van der Waals surface area contributed by atoms with Crippen LogP contribution in [0.1, 0.15) is 40.5 Å². The second-order valence-corrected chi connectivity index (χ2v) is 9.11. The molecule has 8 nitrogen and oxygen atoms in total. The molecule has 0 aliphatic carbocycles. The summed E-state index contributed by atoms with van der Waals surface area (Å²) in [6.07, 6.45) is -20.6. The number of nitrogens with zero attached hydrogens (tertiary/aromatic N) is 3. The summed E-state index contributed by atoms with van der Waals surface area (Å²) in [6, 6.07) is 11.2. The highest BCUT2D eigenvalue weighted by Crippen LogP contribution is 2.36. The van der Waals surface area contributed by atoms with Gasteiger partial charge in [-0.2, -0.15) is 26.3 Å². The standard InChI is InChI=1S/C28H33F6N3O5/c1-19-5-8-21(18-35-12-14-36(15-13-35)26(40)42-25(27(29,30)31)28(32,33)34)23(16-19)37(11-3-4-24(38)39)17-20-6-9-22(41-2)10-7-20/h5-10,16,25H,3-4,11-15,17-18H2,1-2H3,(H,38,39)/i12D2,13D2,14D2,15D2. The number of ether oxygens (including phenoxy) is 2. The largest absolute Gasteiger partial charge is 0.497 e. The van der Waals surface area contributed by atoms with E-state index in [1.165, 1.54) is 19.2 Å². The van der Waals surface area contributed by atoms with Gasteiger partial charge in [0.25, 0.3) is 6.10 Å². The van der Waals surface area contributed by atoms with Crippen molar-refractivity contribution in [2.45, 2.75) is 51.3 Å². The highest BCUT2D eigenvalue weighted by molar-refractivity contribution is 5.68. The summed E-state index contributed by atoms with van der Waals surface area (Å²) in [5, 5.41) is 9.22. The lowest BCUT2D eigenvalue weighted by atomic mass is 10.1. The molecule has 0 unspecified atom stereocenters. The van der Waals surface area contributed by atoms with Crippen LogP contribution in [0.25, 0.3) is 0 Å². The van der Waals surface area contributed by atoms with Gasteiger partial charge in [0.2, 0.25) is 0 Å². The molecule has 0 bridgehead atoms. The molecule has 0 atom stereocenters. The minimum Gasteiger partial charge on any atom is -0.497 e. The van der Waals surface area contributed by atoms with E-state index in [0.29, 0.717) is 16.9 Å². The number of hydrogen-bond donors (Lipinski definition) is 1. The van der Waals surface area contributed by atoms with Crippen LogP contribution in [0.4, 0.5) is 36.8 Å². The number of benzene rings is 2. The Morgan fingerprint density at radius 1 is 1.02 bits per heavy atom. The maximum atomic E-state index is 13.2. The van der Waals surface area contributed by atoms with Gasteiger partial charge in [-0.15, -0.1) is 0 Å². The Hall–Kier alpha value is -3.68. The molecule has 0 saturated carbocycles. The molecule has 14 heteroatoms. The van der Waals surface area contributed by atoms with Crippen LogP contribution in [0.2, 0.25) is 0 Å². The Labute approximate surface area is 250 Å². The van der Waals surface area contributed by atoms with Gasteiger partial charge >= 0.3 is 24.4 Å². The fourth-order valence-electron chi connectivity index (χ4n) is 3.85. The van der Waals surface area contributed by atoms with Crippen LogP contribution in [0, 0.1) is 6.92 Å². The summed E-state index contributed by atoms with van der Waals surface area (Å²) in [7, 11) is 1.46. The van der Waals surface area contributed by atoms with Crippen molar-refractivity contribution >= 4 is 17.7 Å². The molecule has 0 aromatic heterocycles. The number of halogens is 6. The highest BCUT2D eigenvalue weighted by atomic mass is 19.4. The number of rotatable bonds is 11. The monoisotopic (exact) mass is 613 g/mol. The second kappa shape index (κ2) is 14.0. The molecule has 1 saturated heterocycles. The molecule has 2 aromatic carbocycles. The molecule has 2 aromatic rings. The number of carbonyl (C=O) groups excluding carboxylic acids is 1. The van der Waals surface area contributed by atoms with Crippen molar-refractivity contribution in [1.82, 2.24) is 9.80 Å². The van der Waals surface area contributed by atoms with Gasteiger partial charge in [0.05, 0.1) is 12.6 Å². The molecule has 1 heterocycles. The lowest BCUT2D eigenvalue weighted by Gasteiger charge is -2.36. The van der Waals surface area contributed by atoms with Crippen molar-refractivity contribution in [2.75, 3.05) is 44.5 Å². The van der Waals surface area contributed by atoms with Crippen LogP contribution >= 0.6 is 0 Å². The van der Waals surface area contributed by atoms with Crippen LogP contribution < -0.4 is 9.64 Å². The van der Waals surface area contributed by atoms with Gasteiger partial charge in [-0.3, -0.25) is 9.69 Å². The topological polar surface area (TPSA) is 82.6 Å². The first kappa shape index (κ1) is 22.9. The van der Waals surface area contributed by atoms with Gasteiger partial charge in [0, 0.05) is 63.2 Å². The second-order valence-electron chi connectivity index (χ2n) is 9.11. The van der Waals surface area contributed by atoms with E-state index in [4.69, 9.17) is 15.7 Å². The van der Waals surface area contributed by atoms with Crippen molar-refractivity contribution in [3.05, 3.63) is 59.2 Å². The van der Waals surface area contributed by atoms with Crippen molar-refractivity contribution in [3.63, 3.8) is 0 Å². The Morgan fingerprint density at radius 3 is 2.19 bits per heavy atom. The number of carboxylic acid groups (broad SMARTS) is 1. The predicted molar refractivity (Wildman–Crippen MR) is 141 cm³/mol. The number of methoxy groups -OCH3 is 1. The number of aliphatic carboxylic acids is 1. The molecule has 1 aliphatic rings. The number of amides is 1. The number of anilines is 1. The van der Waals surface area contributed by atoms with E-state index >= 15 is 0 Å². The summed E-state index contributed by atoms with van der Waals surface area (Å²) in [4.78, 5) is 24.6. The molecule has 1 amide bonds. The number of carbonyl (C=O) groups is 2. The molecule has 1 aliphatic heterocycles. The van der Waals surface area contributed by atoms with E-state index < -0.39 is 68.0 Å². The van der Waals surface area contributed by atoms with Crippen LogP contribution in [-0.2, 0) is 22.6 Å². The molecule has 1 fully saturated rings. The zero-order valence-corrected chi connectivity index (χ0v) is 22.3. The third-order valence-electron chi connectivity index (χ3n) is 5.85. The summed E-state index contributed by atoms with van der Waals surface area (Å²) in [5.74, 6) is -0.566. The first-order valence-electron chi connectivity index (χ1n) is 16.3. The van der Waals surface area contributed by atoms with E-state index in [9.17, 15) is 41.0 Å². The maximum absolute atomic E-state index is 13.2. The van der Waals surface area contributed by atoms with Gasteiger partial charge < -0.3 is 24.4 Å². The number of carboxylic acids is 1. The van der Waals surface area contributed by atoms with E-state index in [1.807, 2.05) is 0 Å². The zero-order valence-electron chi connectivity index (χ0n) is 30.3. The quantitative estimate of drug-likeness (QED) is 0.330. The molecule has 42 heavy (non-hydrogen) atoms. The first-order chi connectivity index (χ1) is 22.7. The lowest BCUT2D eigenvalue weighted by Crippen LogP contribution is -2.52. The fraction of sp³-hybridized carbons (Fsp3) is 0.500. The number of hydrogen-bond acceptors (Lipinski definition) is 6. The molecule has 0 radical (unpaired) electrons. The summed E-state index contributed by atoms with van der Waals surface area (Å²) in [6.45, 7) is -15.0. The predicted octanol–water partition coefficient (Wildman–Crippen LogP) is 5.62. The Balaban J connectivity index is 2.11. The van der Waals surface area contributed by atoms with Gasteiger partial charge in [0.1, 0.15) is 5.75 Å². The Kier molecular flexibility index (Phi) is 7.61. The van der Waals surface area contributed by atoms with E-state index in [2.05, 4.69) is 4.74 Å². The zero-order chi connectivity index (χ0) is 38.3. The molecule has 1 N–H and O–H groups in total.